The van der Waals surface area contributed by atoms with Crippen LogP contribution in [0.2, 0.25) is 0 Å². The quantitative estimate of drug-likeness (QED) is 0.866. The SMILES string of the molecule is COc1ccc2c(c1)CCN(C(=O)CCc1cccc(F)c1)C2. The van der Waals surface area contributed by atoms with Crippen molar-refractivity contribution >= 4 is 5.91 Å². The maximum atomic E-state index is 13.2. The lowest BCUT2D eigenvalue weighted by molar-refractivity contribution is -0.132. The standard InChI is InChI=1S/C19H20FNO2/c1-23-18-7-6-16-13-21(10-9-15(16)12-18)19(22)8-5-14-3-2-4-17(20)11-14/h2-4,6-7,11-12H,5,8-10,13H2,1H3. The Hall–Kier alpha value is -2.36. The summed E-state index contributed by atoms with van der Waals surface area (Å²) in [6, 6.07) is 12.4. The van der Waals surface area contributed by atoms with E-state index in [1.54, 1.807) is 13.2 Å². The van der Waals surface area contributed by atoms with Crippen LogP contribution in [0.15, 0.2) is 42.5 Å². The van der Waals surface area contributed by atoms with Crippen molar-refractivity contribution in [2.45, 2.75) is 25.8 Å². The van der Waals surface area contributed by atoms with Crippen LogP contribution in [0.25, 0.3) is 0 Å². The Labute approximate surface area is 135 Å². The van der Waals surface area contributed by atoms with Crippen LogP contribution in [-0.4, -0.2) is 24.5 Å². The molecule has 2 aromatic rings. The van der Waals surface area contributed by atoms with Crippen LogP contribution in [0.3, 0.4) is 0 Å². The van der Waals surface area contributed by atoms with Crippen LogP contribution in [-0.2, 0) is 24.2 Å². The lowest BCUT2D eigenvalue weighted by Crippen LogP contribution is -2.36. The fraction of sp³-hybridized carbons (Fsp3) is 0.316. The number of halogens is 1. The molecule has 0 saturated heterocycles. The number of methoxy groups -OCH3 is 1. The third kappa shape index (κ3) is 3.70. The predicted octanol–water partition coefficient (Wildman–Crippen LogP) is 3.35. The fourth-order valence-corrected chi connectivity index (χ4v) is 2.97. The Morgan fingerprint density at radius 1 is 1.22 bits per heavy atom. The molecule has 1 amide bonds. The molecule has 4 heteroatoms. The summed E-state index contributed by atoms with van der Waals surface area (Å²) >= 11 is 0. The molecule has 1 heterocycles. The molecule has 3 rings (SSSR count). The highest BCUT2D eigenvalue weighted by atomic mass is 19.1. The monoisotopic (exact) mass is 313 g/mol. The number of amides is 1. The van der Waals surface area contributed by atoms with E-state index in [4.69, 9.17) is 4.74 Å². The normalized spacial score (nSPS) is 13.6. The molecule has 3 nitrogen and oxygen atoms in total. The molecule has 23 heavy (non-hydrogen) atoms. The van der Waals surface area contributed by atoms with E-state index >= 15 is 0 Å². The largest absolute Gasteiger partial charge is 0.497 e. The molecule has 0 spiro atoms. The first kappa shape index (κ1) is 15.5. The Morgan fingerprint density at radius 3 is 2.87 bits per heavy atom. The summed E-state index contributed by atoms with van der Waals surface area (Å²) in [7, 11) is 1.66. The summed E-state index contributed by atoms with van der Waals surface area (Å²) in [6.07, 6.45) is 1.83. The number of benzene rings is 2. The molecule has 0 atom stereocenters. The lowest BCUT2D eigenvalue weighted by Gasteiger charge is -2.29. The Bertz CT molecular complexity index is 714. The van der Waals surface area contributed by atoms with Crippen molar-refractivity contribution in [2.75, 3.05) is 13.7 Å². The molecular weight excluding hydrogens is 293 g/mol. The zero-order chi connectivity index (χ0) is 16.2. The Balaban J connectivity index is 1.60. The Kier molecular flexibility index (Phi) is 4.60. The van der Waals surface area contributed by atoms with Crippen LogP contribution in [0.1, 0.15) is 23.1 Å². The molecule has 0 radical (unpaired) electrons. The Morgan fingerprint density at radius 2 is 2.09 bits per heavy atom. The van der Waals surface area contributed by atoms with Crippen molar-refractivity contribution in [3.05, 3.63) is 65.0 Å². The lowest BCUT2D eigenvalue weighted by atomic mass is 9.99. The smallest absolute Gasteiger partial charge is 0.223 e. The third-order valence-electron chi connectivity index (χ3n) is 4.29. The van der Waals surface area contributed by atoms with E-state index in [0.29, 0.717) is 19.4 Å². The number of aryl methyl sites for hydroxylation is 1. The molecular formula is C19H20FNO2. The van der Waals surface area contributed by atoms with Gasteiger partial charge in [0, 0.05) is 19.5 Å². The van der Waals surface area contributed by atoms with Gasteiger partial charge in [0.25, 0.3) is 0 Å². The summed E-state index contributed by atoms with van der Waals surface area (Å²) in [5.74, 6) is 0.723. The highest BCUT2D eigenvalue weighted by Crippen LogP contribution is 2.24. The van der Waals surface area contributed by atoms with Gasteiger partial charge in [-0.05, 0) is 53.8 Å². The van der Waals surface area contributed by atoms with Crippen molar-refractivity contribution in [3.63, 3.8) is 0 Å². The van der Waals surface area contributed by atoms with E-state index in [2.05, 4.69) is 0 Å². The van der Waals surface area contributed by atoms with E-state index in [1.165, 1.54) is 23.3 Å². The predicted molar refractivity (Wildman–Crippen MR) is 86.8 cm³/mol. The van der Waals surface area contributed by atoms with E-state index in [0.717, 1.165) is 24.3 Å². The van der Waals surface area contributed by atoms with Gasteiger partial charge >= 0.3 is 0 Å². The molecule has 0 aliphatic carbocycles. The first-order valence-electron chi connectivity index (χ1n) is 7.84. The van der Waals surface area contributed by atoms with Crippen LogP contribution in [0, 0.1) is 5.82 Å². The van der Waals surface area contributed by atoms with Crippen LogP contribution in [0.4, 0.5) is 4.39 Å². The summed E-state index contributed by atoms with van der Waals surface area (Å²) in [6.45, 7) is 1.36. The number of carbonyl (C=O) groups excluding carboxylic acids is 1. The number of carbonyl (C=O) groups is 1. The van der Waals surface area contributed by atoms with Gasteiger partial charge < -0.3 is 9.64 Å². The number of hydrogen-bond donors (Lipinski definition) is 0. The van der Waals surface area contributed by atoms with Crippen molar-refractivity contribution in [2.24, 2.45) is 0 Å². The molecule has 120 valence electrons. The van der Waals surface area contributed by atoms with Gasteiger partial charge in [0.1, 0.15) is 11.6 Å². The molecule has 0 unspecified atom stereocenters. The first-order chi connectivity index (χ1) is 11.2. The molecule has 0 fully saturated rings. The minimum Gasteiger partial charge on any atom is -0.497 e. The molecule has 0 saturated carbocycles. The van der Waals surface area contributed by atoms with Gasteiger partial charge in [-0.25, -0.2) is 4.39 Å². The first-order valence-corrected chi connectivity index (χ1v) is 7.84. The van der Waals surface area contributed by atoms with Crippen molar-refractivity contribution < 1.29 is 13.9 Å². The second-order valence-corrected chi connectivity index (χ2v) is 5.83. The zero-order valence-corrected chi connectivity index (χ0v) is 13.2. The van der Waals surface area contributed by atoms with Crippen LogP contribution < -0.4 is 4.74 Å². The van der Waals surface area contributed by atoms with Crippen LogP contribution >= 0.6 is 0 Å². The van der Waals surface area contributed by atoms with Gasteiger partial charge in [0.2, 0.25) is 5.91 Å². The minimum atomic E-state index is -0.254. The molecule has 0 bridgehead atoms. The third-order valence-corrected chi connectivity index (χ3v) is 4.29. The number of rotatable bonds is 4. The second kappa shape index (κ2) is 6.82. The second-order valence-electron chi connectivity index (χ2n) is 5.83. The van der Waals surface area contributed by atoms with Gasteiger partial charge in [-0.3, -0.25) is 4.79 Å². The van der Waals surface area contributed by atoms with E-state index < -0.39 is 0 Å². The number of nitrogens with zero attached hydrogens (tertiary/aromatic N) is 1. The molecule has 2 aromatic carbocycles. The zero-order valence-electron chi connectivity index (χ0n) is 13.2. The highest BCUT2D eigenvalue weighted by Gasteiger charge is 2.20. The van der Waals surface area contributed by atoms with Gasteiger partial charge in [-0.15, -0.1) is 0 Å². The molecule has 0 aromatic heterocycles. The number of ether oxygens (including phenoxy) is 1. The summed E-state index contributed by atoms with van der Waals surface area (Å²) in [5, 5.41) is 0. The fourth-order valence-electron chi connectivity index (χ4n) is 2.97. The van der Waals surface area contributed by atoms with E-state index in [1.807, 2.05) is 29.2 Å². The molecule has 1 aliphatic heterocycles. The van der Waals surface area contributed by atoms with Crippen molar-refractivity contribution in [1.82, 2.24) is 4.90 Å². The van der Waals surface area contributed by atoms with Gasteiger partial charge in [0.05, 0.1) is 7.11 Å². The maximum Gasteiger partial charge on any atom is 0.223 e. The minimum absolute atomic E-state index is 0.121. The van der Waals surface area contributed by atoms with Gasteiger partial charge in [-0.1, -0.05) is 18.2 Å². The summed E-state index contributed by atoms with van der Waals surface area (Å²) in [4.78, 5) is 14.3. The highest BCUT2D eigenvalue weighted by molar-refractivity contribution is 5.76. The average Bonchev–Trinajstić information content (AvgIpc) is 2.58. The number of hydrogen-bond acceptors (Lipinski definition) is 2. The summed E-state index contributed by atoms with van der Waals surface area (Å²) < 4.78 is 18.4. The summed E-state index contributed by atoms with van der Waals surface area (Å²) in [5.41, 5.74) is 3.29. The maximum absolute atomic E-state index is 13.2. The van der Waals surface area contributed by atoms with Crippen molar-refractivity contribution in [1.29, 1.82) is 0 Å². The topological polar surface area (TPSA) is 29.5 Å². The van der Waals surface area contributed by atoms with Crippen molar-refractivity contribution in [3.8, 4) is 5.75 Å². The van der Waals surface area contributed by atoms with Gasteiger partial charge in [0.15, 0.2) is 0 Å². The van der Waals surface area contributed by atoms with Crippen LogP contribution in [0.5, 0.6) is 5.75 Å². The van der Waals surface area contributed by atoms with E-state index in [9.17, 15) is 9.18 Å². The number of fused-ring (bicyclic) bond motifs is 1. The molecule has 1 aliphatic rings. The molecule has 0 N–H and O–H groups in total. The average molecular weight is 313 g/mol. The van der Waals surface area contributed by atoms with Gasteiger partial charge in [-0.2, -0.15) is 0 Å². The van der Waals surface area contributed by atoms with E-state index in [-0.39, 0.29) is 11.7 Å².